The summed E-state index contributed by atoms with van der Waals surface area (Å²) in [5, 5.41) is 16.2. The molecule has 3 aromatic rings. The highest BCUT2D eigenvalue weighted by atomic mass is 32.1. The first-order valence-electron chi connectivity index (χ1n) is 6.95. The number of hydrogen-bond acceptors (Lipinski definition) is 8. The molecular weight excluding hydrogens is 348 g/mol. The molecule has 0 atom stereocenters. The van der Waals surface area contributed by atoms with Gasteiger partial charge in [0.15, 0.2) is 12.4 Å². The normalized spacial score (nSPS) is 10.4. The first-order chi connectivity index (χ1) is 12.0. The number of thiophene rings is 1. The number of esters is 1. The van der Waals surface area contributed by atoms with Crippen LogP contribution in [0, 0.1) is 10.1 Å². The Morgan fingerprint density at radius 2 is 2.16 bits per heavy atom. The summed E-state index contributed by atoms with van der Waals surface area (Å²) in [5.41, 5.74) is 0.155. The second kappa shape index (κ2) is 7.01. The highest BCUT2D eigenvalue weighted by molar-refractivity contribution is 7.12. The van der Waals surface area contributed by atoms with Crippen molar-refractivity contribution in [1.29, 1.82) is 0 Å². The topological polar surface area (TPSA) is 117 Å². The Kier molecular flexibility index (Phi) is 4.61. The fraction of sp³-hybridized carbons (Fsp3) is 0.0667. The molecule has 3 rings (SSSR count). The van der Waals surface area contributed by atoms with E-state index in [0.29, 0.717) is 4.88 Å². The third-order valence-corrected chi connectivity index (χ3v) is 4.02. The number of nitrogens with zero attached hydrogens (tertiary/aromatic N) is 4. The molecule has 25 heavy (non-hydrogen) atoms. The van der Waals surface area contributed by atoms with Gasteiger partial charge in [-0.05, 0) is 28.5 Å². The molecular formula is C15H10N4O5S. The summed E-state index contributed by atoms with van der Waals surface area (Å²) in [5.74, 6) is -1.11. The first kappa shape index (κ1) is 16.5. The Labute approximate surface area is 144 Å². The Hall–Kier alpha value is -3.40. The highest BCUT2D eigenvalue weighted by Crippen LogP contribution is 2.13. The standard InChI is InChI=1S/C15H10N4O5S/c20-11(12-2-1-7-25-12)9-24-15(21)10-3-5-16-14(8-10)18-6-4-13(17-18)19(22)23/h1-8H,9H2. The first-order valence-corrected chi connectivity index (χ1v) is 7.83. The van der Waals surface area contributed by atoms with Crippen LogP contribution in [0.1, 0.15) is 20.0 Å². The minimum Gasteiger partial charge on any atom is -0.454 e. The Bertz CT molecular complexity index is 935. The van der Waals surface area contributed by atoms with Gasteiger partial charge >= 0.3 is 11.8 Å². The Morgan fingerprint density at radius 1 is 1.32 bits per heavy atom. The molecule has 3 aromatic heterocycles. The zero-order valence-electron chi connectivity index (χ0n) is 12.6. The van der Waals surface area contributed by atoms with Crippen molar-refractivity contribution < 1.29 is 19.2 Å². The number of ether oxygens (including phenoxy) is 1. The molecule has 0 aliphatic carbocycles. The second-order valence-corrected chi connectivity index (χ2v) is 5.70. The molecule has 10 heteroatoms. The lowest BCUT2D eigenvalue weighted by molar-refractivity contribution is -0.389. The van der Waals surface area contributed by atoms with E-state index >= 15 is 0 Å². The van der Waals surface area contributed by atoms with E-state index in [9.17, 15) is 19.7 Å². The maximum atomic E-state index is 12.1. The third kappa shape index (κ3) is 3.75. The van der Waals surface area contributed by atoms with Crippen LogP contribution in [0.15, 0.2) is 48.1 Å². The molecule has 0 N–H and O–H groups in total. The minimum absolute atomic E-state index is 0.155. The summed E-state index contributed by atoms with van der Waals surface area (Å²) in [6.45, 7) is -0.371. The molecule has 0 aliphatic rings. The summed E-state index contributed by atoms with van der Waals surface area (Å²) in [4.78, 5) is 38.5. The molecule has 0 saturated carbocycles. The number of ketones is 1. The Balaban J connectivity index is 1.71. The van der Waals surface area contributed by atoms with Gasteiger partial charge in [0.25, 0.3) is 0 Å². The van der Waals surface area contributed by atoms with Gasteiger partial charge in [0.1, 0.15) is 0 Å². The van der Waals surface area contributed by atoms with Crippen LogP contribution in [-0.4, -0.2) is 38.0 Å². The van der Waals surface area contributed by atoms with E-state index in [0.717, 1.165) is 0 Å². The van der Waals surface area contributed by atoms with Crippen molar-refractivity contribution >= 4 is 28.9 Å². The van der Waals surface area contributed by atoms with E-state index in [1.54, 1.807) is 17.5 Å². The van der Waals surface area contributed by atoms with E-state index in [1.165, 1.54) is 46.6 Å². The molecule has 0 fully saturated rings. The largest absolute Gasteiger partial charge is 0.454 e. The number of carbonyl (C=O) groups is 2. The van der Waals surface area contributed by atoms with E-state index in [1.807, 2.05) is 0 Å². The van der Waals surface area contributed by atoms with Crippen molar-refractivity contribution in [2.75, 3.05) is 6.61 Å². The summed E-state index contributed by atoms with van der Waals surface area (Å²) < 4.78 is 6.17. The van der Waals surface area contributed by atoms with Gasteiger partial charge in [-0.2, -0.15) is 0 Å². The number of Topliss-reactive ketones (excluding diaryl/α,β-unsaturated/α-hetero) is 1. The van der Waals surface area contributed by atoms with E-state index in [-0.39, 0.29) is 29.6 Å². The van der Waals surface area contributed by atoms with Crippen LogP contribution in [0.3, 0.4) is 0 Å². The Morgan fingerprint density at radius 3 is 2.84 bits per heavy atom. The molecule has 0 radical (unpaired) electrons. The van der Waals surface area contributed by atoms with Crippen LogP contribution >= 0.6 is 11.3 Å². The fourth-order valence-corrected chi connectivity index (χ4v) is 2.58. The molecule has 0 aliphatic heterocycles. The molecule has 126 valence electrons. The lowest BCUT2D eigenvalue weighted by Gasteiger charge is -2.04. The van der Waals surface area contributed by atoms with Gasteiger partial charge in [0.2, 0.25) is 5.78 Å². The van der Waals surface area contributed by atoms with Gasteiger partial charge in [0.05, 0.1) is 27.8 Å². The lowest BCUT2D eigenvalue weighted by atomic mass is 10.2. The molecule has 0 aromatic carbocycles. The number of pyridine rings is 1. The van der Waals surface area contributed by atoms with Gasteiger partial charge in [0, 0.05) is 6.20 Å². The molecule has 0 spiro atoms. The van der Waals surface area contributed by atoms with Crippen LogP contribution < -0.4 is 0 Å². The zero-order valence-corrected chi connectivity index (χ0v) is 13.4. The maximum Gasteiger partial charge on any atom is 0.390 e. The van der Waals surface area contributed by atoms with Crippen molar-refractivity contribution in [3.05, 3.63) is 68.7 Å². The average Bonchev–Trinajstić information content (AvgIpc) is 3.30. The van der Waals surface area contributed by atoms with Gasteiger partial charge < -0.3 is 14.9 Å². The lowest BCUT2D eigenvalue weighted by Crippen LogP contribution is -2.14. The smallest absolute Gasteiger partial charge is 0.390 e. The highest BCUT2D eigenvalue weighted by Gasteiger charge is 2.16. The van der Waals surface area contributed by atoms with Crippen molar-refractivity contribution in [2.45, 2.75) is 0 Å². The van der Waals surface area contributed by atoms with Crippen molar-refractivity contribution in [2.24, 2.45) is 0 Å². The van der Waals surface area contributed by atoms with E-state index in [4.69, 9.17) is 4.74 Å². The summed E-state index contributed by atoms with van der Waals surface area (Å²) in [7, 11) is 0. The maximum absolute atomic E-state index is 12.1. The zero-order chi connectivity index (χ0) is 17.8. The summed E-state index contributed by atoms with van der Waals surface area (Å²) in [6, 6.07) is 7.38. The van der Waals surface area contributed by atoms with E-state index in [2.05, 4.69) is 10.1 Å². The predicted octanol–water partition coefficient (Wildman–Crippen LogP) is 2.28. The molecule has 0 amide bonds. The molecule has 0 saturated heterocycles. The molecule has 0 bridgehead atoms. The minimum atomic E-state index is -0.699. The number of hydrogen-bond donors (Lipinski definition) is 0. The number of aromatic nitrogens is 3. The number of nitro groups is 1. The quantitative estimate of drug-likeness (QED) is 0.287. The summed E-state index contributed by atoms with van der Waals surface area (Å²) in [6.07, 6.45) is 2.70. The number of rotatable bonds is 6. The van der Waals surface area contributed by atoms with Crippen molar-refractivity contribution in [3.8, 4) is 5.82 Å². The van der Waals surface area contributed by atoms with Crippen molar-refractivity contribution in [3.63, 3.8) is 0 Å². The predicted molar refractivity (Wildman–Crippen MR) is 86.9 cm³/mol. The van der Waals surface area contributed by atoms with Gasteiger partial charge in [-0.25, -0.2) is 9.78 Å². The summed E-state index contributed by atoms with van der Waals surface area (Å²) >= 11 is 1.27. The fourth-order valence-electron chi connectivity index (χ4n) is 1.93. The SMILES string of the molecule is O=C(OCC(=O)c1cccs1)c1ccnc(-n2ccc([N+](=O)[O-])n2)c1. The molecule has 0 unspecified atom stereocenters. The third-order valence-electron chi connectivity index (χ3n) is 3.11. The average molecular weight is 358 g/mol. The number of carbonyl (C=O) groups excluding carboxylic acids is 2. The van der Waals surface area contributed by atoms with Gasteiger partial charge in [-0.1, -0.05) is 6.07 Å². The van der Waals surface area contributed by atoms with E-state index < -0.39 is 10.9 Å². The van der Waals surface area contributed by atoms with Crippen LogP contribution in [0.2, 0.25) is 0 Å². The molecule has 9 nitrogen and oxygen atoms in total. The van der Waals surface area contributed by atoms with Gasteiger partial charge in [-0.15, -0.1) is 16.0 Å². The monoisotopic (exact) mass is 358 g/mol. The van der Waals surface area contributed by atoms with Gasteiger partial charge in [-0.3, -0.25) is 4.79 Å². The second-order valence-electron chi connectivity index (χ2n) is 4.75. The van der Waals surface area contributed by atoms with Crippen LogP contribution in [0.5, 0.6) is 0 Å². The van der Waals surface area contributed by atoms with Crippen LogP contribution in [0.4, 0.5) is 5.82 Å². The van der Waals surface area contributed by atoms with Crippen LogP contribution in [-0.2, 0) is 4.74 Å². The molecule has 3 heterocycles. The van der Waals surface area contributed by atoms with Crippen LogP contribution in [0.25, 0.3) is 5.82 Å². The van der Waals surface area contributed by atoms with Crippen molar-refractivity contribution in [1.82, 2.24) is 14.8 Å².